The molecule has 5 heteroatoms. The number of hydrogen-bond acceptors (Lipinski definition) is 3. The molecule has 0 radical (unpaired) electrons. The molecule has 1 atom stereocenters. The van der Waals surface area contributed by atoms with Gasteiger partial charge in [-0.05, 0) is 23.2 Å². The summed E-state index contributed by atoms with van der Waals surface area (Å²) in [5.41, 5.74) is 0. The van der Waals surface area contributed by atoms with Gasteiger partial charge in [-0.2, -0.15) is 4.98 Å². The zero-order valence-corrected chi connectivity index (χ0v) is 12.6. The first-order chi connectivity index (χ1) is 10.3. The standard InChI is InChI=1S/C16H13Cl2N3/c17-15-19-14(20-16(18)21-15)13-11-9-7-5-3-1-2-4-6-8-10-12-13/h1-13H/b3-1-,4-2-,7-5-,8-6+,11-9?,12-10-. The van der Waals surface area contributed by atoms with Crippen LogP contribution in [0, 0.1) is 0 Å². The zero-order valence-electron chi connectivity index (χ0n) is 11.1. The van der Waals surface area contributed by atoms with Crippen molar-refractivity contribution in [3.63, 3.8) is 0 Å². The molecule has 2 rings (SSSR count). The quantitative estimate of drug-likeness (QED) is 0.759. The Bertz CT molecular complexity index is 603. The summed E-state index contributed by atoms with van der Waals surface area (Å²) in [5, 5.41) is 0.179. The second-order valence-corrected chi connectivity index (χ2v) is 4.74. The van der Waals surface area contributed by atoms with Crippen LogP contribution in [0.1, 0.15) is 11.7 Å². The summed E-state index contributed by atoms with van der Waals surface area (Å²) >= 11 is 11.7. The molecular formula is C16H13Cl2N3. The predicted molar refractivity (Wildman–Crippen MR) is 87.4 cm³/mol. The molecule has 0 spiro atoms. The lowest BCUT2D eigenvalue weighted by molar-refractivity contribution is 0.872. The molecule has 21 heavy (non-hydrogen) atoms. The van der Waals surface area contributed by atoms with E-state index in [9.17, 15) is 0 Å². The fourth-order valence-corrected chi connectivity index (χ4v) is 1.98. The average molecular weight is 318 g/mol. The van der Waals surface area contributed by atoms with Crippen molar-refractivity contribution in [2.45, 2.75) is 5.92 Å². The highest BCUT2D eigenvalue weighted by molar-refractivity contribution is 6.31. The van der Waals surface area contributed by atoms with Gasteiger partial charge in [0.05, 0.1) is 5.92 Å². The van der Waals surface area contributed by atoms with Crippen LogP contribution in [0.25, 0.3) is 0 Å². The molecular weight excluding hydrogens is 305 g/mol. The minimum atomic E-state index is -0.133. The highest BCUT2D eigenvalue weighted by Gasteiger charge is 2.10. The van der Waals surface area contributed by atoms with E-state index >= 15 is 0 Å². The highest BCUT2D eigenvalue weighted by atomic mass is 35.5. The van der Waals surface area contributed by atoms with E-state index in [1.807, 2.05) is 72.9 Å². The maximum atomic E-state index is 5.83. The van der Waals surface area contributed by atoms with Gasteiger partial charge in [-0.15, -0.1) is 0 Å². The Kier molecular flexibility index (Phi) is 6.13. The molecule has 0 aromatic carbocycles. The van der Waals surface area contributed by atoms with Crippen LogP contribution in [0.2, 0.25) is 10.6 Å². The van der Waals surface area contributed by atoms with Crippen molar-refractivity contribution in [2.75, 3.05) is 0 Å². The Morgan fingerprint density at radius 2 is 0.952 bits per heavy atom. The monoisotopic (exact) mass is 317 g/mol. The predicted octanol–water partition coefficient (Wildman–Crippen LogP) is 4.61. The molecule has 0 saturated heterocycles. The van der Waals surface area contributed by atoms with Crippen LogP contribution in [0.3, 0.4) is 0 Å². The third-order valence-corrected chi connectivity index (χ3v) is 2.87. The number of rotatable bonds is 1. The third-order valence-electron chi connectivity index (χ3n) is 2.53. The van der Waals surface area contributed by atoms with Gasteiger partial charge in [0.15, 0.2) is 0 Å². The molecule has 1 aromatic heterocycles. The summed E-state index contributed by atoms with van der Waals surface area (Å²) in [6.45, 7) is 0. The first-order valence-electron chi connectivity index (χ1n) is 6.34. The SMILES string of the molecule is Clc1nc(Cl)nc(C2C=C\C=C/C=C\C=C/C=C/C=C\2)n1. The van der Waals surface area contributed by atoms with Crippen LogP contribution in [0.15, 0.2) is 72.9 Å². The van der Waals surface area contributed by atoms with Crippen LogP contribution in [0.5, 0.6) is 0 Å². The first-order valence-corrected chi connectivity index (χ1v) is 7.10. The fraction of sp³-hybridized carbons (Fsp3) is 0.0625. The number of allylic oxidation sites excluding steroid dienone is 12. The molecule has 0 N–H and O–H groups in total. The molecule has 3 nitrogen and oxygen atoms in total. The molecule has 0 amide bonds. The summed E-state index contributed by atoms with van der Waals surface area (Å²) in [6, 6.07) is 0. The van der Waals surface area contributed by atoms with Gasteiger partial charge in [-0.25, -0.2) is 9.97 Å². The Balaban J connectivity index is 2.33. The largest absolute Gasteiger partial charge is 0.226 e. The Morgan fingerprint density at radius 3 is 1.38 bits per heavy atom. The van der Waals surface area contributed by atoms with Crippen LogP contribution in [0.4, 0.5) is 0 Å². The van der Waals surface area contributed by atoms with Crippen molar-refractivity contribution in [3.8, 4) is 0 Å². The molecule has 0 aliphatic heterocycles. The zero-order chi connectivity index (χ0) is 14.9. The van der Waals surface area contributed by atoms with Crippen LogP contribution < -0.4 is 0 Å². The van der Waals surface area contributed by atoms with E-state index in [4.69, 9.17) is 23.2 Å². The highest BCUT2D eigenvalue weighted by Crippen LogP contribution is 2.18. The van der Waals surface area contributed by atoms with Gasteiger partial charge >= 0.3 is 0 Å². The smallest absolute Gasteiger partial charge is 0.202 e. The Labute approximate surface area is 133 Å². The summed E-state index contributed by atoms with van der Waals surface area (Å²) < 4.78 is 0. The second-order valence-electron chi connectivity index (χ2n) is 4.07. The van der Waals surface area contributed by atoms with Gasteiger partial charge in [0.2, 0.25) is 10.6 Å². The number of halogens is 2. The molecule has 1 aliphatic carbocycles. The lowest BCUT2D eigenvalue weighted by atomic mass is 10.1. The van der Waals surface area contributed by atoms with Crippen molar-refractivity contribution in [1.29, 1.82) is 0 Å². The lowest BCUT2D eigenvalue weighted by Gasteiger charge is -2.06. The van der Waals surface area contributed by atoms with Crippen molar-refractivity contribution in [3.05, 3.63) is 89.3 Å². The molecule has 0 fully saturated rings. The first kappa shape index (κ1) is 15.4. The molecule has 1 unspecified atom stereocenters. The van der Waals surface area contributed by atoms with E-state index in [-0.39, 0.29) is 16.5 Å². The van der Waals surface area contributed by atoms with Crippen molar-refractivity contribution in [2.24, 2.45) is 0 Å². The van der Waals surface area contributed by atoms with E-state index in [1.165, 1.54) is 0 Å². The summed E-state index contributed by atoms with van der Waals surface area (Å²) in [4.78, 5) is 12.0. The maximum Gasteiger partial charge on any atom is 0.226 e. The number of nitrogens with zero attached hydrogens (tertiary/aromatic N) is 3. The normalized spacial score (nSPS) is 25.9. The van der Waals surface area contributed by atoms with Crippen LogP contribution >= 0.6 is 23.2 Å². The minimum Gasteiger partial charge on any atom is -0.202 e. The van der Waals surface area contributed by atoms with Gasteiger partial charge in [0, 0.05) is 0 Å². The number of aromatic nitrogens is 3. The molecule has 1 heterocycles. The van der Waals surface area contributed by atoms with Crippen molar-refractivity contribution >= 4 is 23.2 Å². The van der Waals surface area contributed by atoms with Crippen molar-refractivity contribution < 1.29 is 0 Å². The van der Waals surface area contributed by atoms with E-state index < -0.39 is 0 Å². The minimum absolute atomic E-state index is 0.0895. The molecule has 0 saturated carbocycles. The van der Waals surface area contributed by atoms with Gasteiger partial charge in [0.25, 0.3) is 0 Å². The van der Waals surface area contributed by atoms with Crippen LogP contribution in [-0.2, 0) is 0 Å². The van der Waals surface area contributed by atoms with Gasteiger partial charge in [-0.3, -0.25) is 0 Å². The summed E-state index contributed by atoms with van der Waals surface area (Å²) in [6.07, 6.45) is 23.3. The lowest BCUT2D eigenvalue weighted by Crippen LogP contribution is -2.02. The molecule has 1 aromatic rings. The van der Waals surface area contributed by atoms with Gasteiger partial charge in [0.1, 0.15) is 5.82 Å². The van der Waals surface area contributed by atoms with E-state index in [2.05, 4.69) is 15.0 Å². The average Bonchev–Trinajstić information content (AvgIpc) is 2.47. The van der Waals surface area contributed by atoms with E-state index in [0.717, 1.165) is 0 Å². The van der Waals surface area contributed by atoms with E-state index in [0.29, 0.717) is 5.82 Å². The summed E-state index contributed by atoms with van der Waals surface area (Å²) in [5.74, 6) is 0.376. The Hall–Kier alpha value is -1.97. The molecule has 1 aliphatic rings. The summed E-state index contributed by atoms with van der Waals surface area (Å²) in [7, 11) is 0. The Morgan fingerprint density at radius 1 is 0.571 bits per heavy atom. The second kappa shape index (κ2) is 8.35. The number of hydrogen-bond donors (Lipinski definition) is 0. The molecule has 0 bridgehead atoms. The van der Waals surface area contributed by atoms with Gasteiger partial charge in [-0.1, -0.05) is 72.9 Å². The maximum absolute atomic E-state index is 5.83. The topological polar surface area (TPSA) is 38.7 Å². The molecule has 106 valence electrons. The van der Waals surface area contributed by atoms with E-state index in [1.54, 1.807) is 0 Å². The van der Waals surface area contributed by atoms with Gasteiger partial charge < -0.3 is 0 Å². The van der Waals surface area contributed by atoms with Crippen LogP contribution in [-0.4, -0.2) is 15.0 Å². The fourth-order valence-electron chi connectivity index (χ4n) is 1.61. The van der Waals surface area contributed by atoms with Crippen molar-refractivity contribution in [1.82, 2.24) is 15.0 Å². The third kappa shape index (κ3) is 5.50.